The zero-order chi connectivity index (χ0) is 19.9. The second kappa shape index (κ2) is 9.17. The number of amides is 1. The van der Waals surface area contributed by atoms with Crippen molar-refractivity contribution in [1.82, 2.24) is 5.32 Å². The minimum Gasteiger partial charge on any atom is -0.467 e. The number of aryl methyl sites for hydroxylation is 2. The lowest BCUT2D eigenvalue weighted by molar-refractivity contribution is -0.145. The number of carbonyl (C=O) groups excluding carboxylic acids is 3. The van der Waals surface area contributed by atoms with E-state index >= 15 is 0 Å². The van der Waals surface area contributed by atoms with E-state index in [1.54, 1.807) is 6.07 Å². The van der Waals surface area contributed by atoms with Crippen LogP contribution in [0.1, 0.15) is 33.5 Å². The highest BCUT2D eigenvalue weighted by Gasteiger charge is 2.23. The molecule has 0 spiro atoms. The van der Waals surface area contributed by atoms with Gasteiger partial charge in [-0.1, -0.05) is 36.4 Å². The van der Waals surface area contributed by atoms with E-state index in [1.807, 2.05) is 42.5 Å². The fourth-order valence-corrected chi connectivity index (χ4v) is 3.33. The highest BCUT2D eigenvalue weighted by molar-refractivity contribution is 5.92. The average Bonchev–Trinajstić information content (AvgIpc) is 3.19. The van der Waals surface area contributed by atoms with E-state index in [4.69, 9.17) is 9.47 Å². The van der Waals surface area contributed by atoms with Gasteiger partial charge in [-0.3, -0.25) is 4.79 Å². The van der Waals surface area contributed by atoms with Crippen molar-refractivity contribution in [3.8, 4) is 0 Å². The summed E-state index contributed by atoms with van der Waals surface area (Å²) in [5, 5.41) is 2.57. The molecular weight excluding hydrogens is 358 g/mol. The molecule has 6 heteroatoms. The molecule has 0 fully saturated rings. The zero-order valence-corrected chi connectivity index (χ0v) is 15.8. The van der Waals surface area contributed by atoms with Crippen LogP contribution in [0.4, 0.5) is 0 Å². The number of carbonyl (C=O) groups is 3. The summed E-state index contributed by atoms with van der Waals surface area (Å²) in [6.45, 7) is -0.460. The van der Waals surface area contributed by atoms with Gasteiger partial charge in [0.25, 0.3) is 5.91 Å². The Labute approximate surface area is 163 Å². The maximum absolute atomic E-state index is 12.2. The van der Waals surface area contributed by atoms with Crippen LogP contribution in [0, 0.1) is 0 Å². The quantitative estimate of drug-likeness (QED) is 0.744. The largest absolute Gasteiger partial charge is 0.467 e. The van der Waals surface area contributed by atoms with Gasteiger partial charge in [0.15, 0.2) is 6.61 Å². The first kappa shape index (κ1) is 19.6. The van der Waals surface area contributed by atoms with Gasteiger partial charge in [0, 0.05) is 6.42 Å². The number of methoxy groups -OCH3 is 1. The van der Waals surface area contributed by atoms with Crippen LogP contribution in [0.2, 0.25) is 0 Å². The Morgan fingerprint density at radius 3 is 2.54 bits per heavy atom. The van der Waals surface area contributed by atoms with Gasteiger partial charge in [-0.15, -0.1) is 0 Å². The van der Waals surface area contributed by atoms with E-state index in [1.165, 1.54) is 12.7 Å². The van der Waals surface area contributed by atoms with E-state index in [-0.39, 0.29) is 6.42 Å². The molecule has 3 rings (SSSR count). The highest BCUT2D eigenvalue weighted by atomic mass is 16.5. The molecule has 0 saturated carbocycles. The number of hydrogen-bond donors (Lipinski definition) is 1. The Balaban J connectivity index is 1.55. The summed E-state index contributed by atoms with van der Waals surface area (Å²) < 4.78 is 9.87. The maximum Gasteiger partial charge on any atom is 0.338 e. The first-order valence-electron chi connectivity index (χ1n) is 9.27. The summed E-state index contributed by atoms with van der Waals surface area (Å²) in [4.78, 5) is 36.4. The number of esters is 2. The van der Waals surface area contributed by atoms with E-state index in [0.29, 0.717) is 5.56 Å². The van der Waals surface area contributed by atoms with Crippen LogP contribution in [0.3, 0.4) is 0 Å². The summed E-state index contributed by atoms with van der Waals surface area (Å²) in [6.07, 6.45) is 3.37. The Kier molecular flexibility index (Phi) is 6.42. The molecule has 0 saturated heterocycles. The summed E-state index contributed by atoms with van der Waals surface area (Å²) in [5.74, 6) is -1.66. The third-order valence-electron chi connectivity index (χ3n) is 4.77. The summed E-state index contributed by atoms with van der Waals surface area (Å²) in [6, 6.07) is 13.9. The van der Waals surface area contributed by atoms with Crippen molar-refractivity contribution < 1.29 is 23.9 Å². The van der Waals surface area contributed by atoms with Crippen LogP contribution in [0.15, 0.2) is 48.5 Å². The molecule has 0 aliphatic heterocycles. The lowest BCUT2D eigenvalue weighted by Crippen LogP contribution is -2.44. The third-order valence-corrected chi connectivity index (χ3v) is 4.77. The second-order valence-electron chi connectivity index (χ2n) is 6.75. The van der Waals surface area contributed by atoms with Crippen LogP contribution in [-0.4, -0.2) is 37.6 Å². The van der Waals surface area contributed by atoms with Crippen molar-refractivity contribution in [1.29, 1.82) is 0 Å². The fraction of sp³-hybridized carbons (Fsp3) is 0.318. The Hall–Kier alpha value is -3.15. The van der Waals surface area contributed by atoms with Crippen LogP contribution in [-0.2, 0) is 38.3 Å². The molecule has 2 aromatic carbocycles. The molecule has 6 nitrogen and oxygen atoms in total. The van der Waals surface area contributed by atoms with Crippen molar-refractivity contribution in [3.63, 3.8) is 0 Å². The topological polar surface area (TPSA) is 81.7 Å². The molecule has 1 amide bonds. The van der Waals surface area contributed by atoms with Gasteiger partial charge in [0.1, 0.15) is 6.04 Å². The molecule has 1 aliphatic carbocycles. The van der Waals surface area contributed by atoms with Crippen LogP contribution in [0.5, 0.6) is 0 Å². The monoisotopic (exact) mass is 381 g/mol. The number of benzene rings is 2. The minimum atomic E-state index is -0.849. The molecule has 0 heterocycles. The van der Waals surface area contributed by atoms with Crippen molar-refractivity contribution in [2.75, 3.05) is 13.7 Å². The SMILES string of the molecule is COC(=O)[C@H](Cc1ccccc1)NC(=O)COC(=O)c1ccc2c(c1)CCC2. The number of hydrogen-bond acceptors (Lipinski definition) is 5. The molecule has 1 atom stereocenters. The Morgan fingerprint density at radius 1 is 1.04 bits per heavy atom. The lowest BCUT2D eigenvalue weighted by atomic mass is 10.1. The second-order valence-corrected chi connectivity index (χ2v) is 6.75. The molecule has 0 aromatic heterocycles. The molecule has 146 valence electrons. The molecule has 0 bridgehead atoms. The smallest absolute Gasteiger partial charge is 0.338 e. The van der Waals surface area contributed by atoms with E-state index < -0.39 is 30.5 Å². The first-order chi connectivity index (χ1) is 13.6. The number of nitrogens with one attached hydrogen (secondary N) is 1. The Morgan fingerprint density at radius 2 is 1.79 bits per heavy atom. The number of rotatable bonds is 7. The standard InChI is InChI=1S/C22H23NO5/c1-27-22(26)19(12-15-6-3-2-4-7-15)23-20(24)14-28-21(25)18-11-10-16-8-5-9-17(16)13-18/h2-4,6-7,10-11,13,19H,5,8-9,12,14H2,1H3,(H,23,24)/t19-/m0/s1. The maximum atomic E-state index is 12.2. The molecule has 0 radical (unpaired) electrons. The van der Waals surface area contributed by atoms with E-state index in [0.717, 1.165) is 30.4 Å². The van der Waals surface area contributed by atoms with Gasteiger partial charge in [-0.05, 0) is 48.1 Å². The van der Waals surface area contributed by atoms with Crippen LogP contribution in [0.25, 0.3) is 0 Å². The van der Waals surface area contributed by atoms with Gasteiger partial charge >= 0.3 is 11.9 Å². The third kappa shape index (κ3) is 4.97. The van der Waals surface area contributed by atoms with Gasteiger partial charge in [0.05, 0.1) is 12.7 Å². The highest BCUT2D eigenvalue weighted by Crippen LogP contribution is 2.23. The summed E-state index contributed by atoms with van der Waals surface area (Å²) in [5.41, 5.74) is 3.74. The van der Waals surface area contributed by atoms with E-state index in [9.17, 15) is 14.4 Å². The normalized spacial score (nSPS) is 13.3. The molecule has 1 N–H and O–H groups in total. The lowest BCUT2D eigenvalue weighted by Gasteiger charge is -2.16. The van der Waals surface area contributed by atoms with Crippen molar-refractivity contribution in [2.24, 2.45) is 0 Å². The van der Waals surface area contributed by atoms with Crippen molar-refractivity contribution >= 4 is 17.8 Å². The Bertz CT molecular complexity index is 862. The van der Waals surface area contributed by atoms with E-state index in [2.05, 4.69) is 5.32 Å². The first-order valence-corrected chi connectivity index (χ1v) is 9.27. The summed E-state index contributed by atoms with van der Waals surface area (Å²) in [7, 11) is 1.26. The molecule has 28 heavy (non-hydrogen) atoms. The van der Waals surface area contributed by atoms with Gasteiger partial charge in [-0.25, -0.2) is 9.59 Å². The number of ether oxygens (including phenoxy) is 2. The number of fused-ring (bicyclic) bond motifs is 1. The average molecular weight is 381 g/mol. The fourth-order valence-electron chi connectivity index (χ4n) is 3.33. The van der Waals surface area contributed by atoms with Crippen molar-refractivity contribution in [2.45, 2.75) is 31.7 Å². The predicted molar refractivity (Wildman–Crippen MR) is 103 cm³/mol. The molecule has 2 aromatic rings. The molecular formula is C22H23NO5. The zero-order valence-electron chi connectivity index (χ0n) is 15.8. The van der Waals surface area contributed by atoms with Gasteiger partial charge in [0.2, 0.25) is 0 Å². The van der Waals surface area contributed by atoms with Crippen molar-refractivity contribution in [3.05, 3.63) is 70.8 Å². The predicted octanol–water partition coefficient (Wildman–Crippen LogP) is 2.23. The van der Waals surface area contributed by atoms with Crippen LogP contribution >= 0.6 is 0 Å². The molecule has 1 aliphatic rings. The summed E-state index contributed by atoms with van der Waals surface area (Å²) >= 11 is 0. The minimum absolute atomic E-state index is 0.290. The molecule has 0 unspecified atom stereocenters. The van der Waals surface area contributed by atoms with Gasteiger partial charge < -0.3 is 14.8 Å². The van der Waals surface area contributed by atoms with Gasteiger partial charge in [-0.2, -0.15) is 0 Å². The van der Waals surface area contributed by atoms with Crippen LogP contribution < -0.4 is 5.32 Å².